The van der Waals surface area contributed by atoms with Crippen molar-refractivity contribution in [2.24, 2.45) is 11.8 Å². The van der Waals surface area contributed by atoms with Crippen molar-refractivity contribution in [1.29, 1.82) is 0 Å². The average Bonchev–Trinajstić information content (AvgIpc) is 3.12. The molecule has 0 N–H and O–H groups in total. The van der Waals surface area contributed by atoms with Crippen LogP contribution in [-0.4, -0.2) is 77.8 Å². The predicted molar refractivity (Wildman–Crippen MR) is 145 cm³/mol. The van der Waals surface area contributed by atoms with Gasteiger partial charge in [-0.25, -0.2) is 23.1 Å². The zero-order chi connectivity index (χ0) is 25.6. The molecule has 2 atom stereocenters. The van der Waals surface area contributed by atoms with Gasteiger partial charge >= 0.3 is 0 Å². The summed E-state index contributed by atoms with van der Waals surface area (Å²) in [4.78, 5) is 14.3. The molecule has 2 aliphatic rings. The van der Waals surface area contributed by atoms with Crippen LogP contribution in [0.5, 0.6) is 0 Å². The van der Waals surface area contributed by atoms with Crippen LogP contribution < -0.4 is 4.90 Å². The molecule has 36 heavy (non-hydrogen) atoms. The number of aromatic nitrogens is 4. The fraction of sp³-hybridized carbons (Fsp3) is 0.560. The molecule has 2 saturated heterocycles. The Balaban J connectivity index is 1.29. The number of sulfone groups is 1. The Morgan fingerprint density at radius 2 is 1.94 bits per heavy atom. The molecule has 3 aromatic rings. The highest BCUT2D eigenvalue weighted by Gasteiger charge is 2.36. The van der Waals surface area contributed by atoms with E-state index in [9.17, 15) is 8.42 Å². The van der Waals surface area contributed by atoms with Gasteiger partial charge in [0, 0.05) is 42.5 Å². The molecular formula is C25H32Cl2N6O2S. The Labute approximate surface area is 222 Å². The first-order chi connectivity index (χ1) is 17.1. The molecule has 5 rings (SSSR count). The lowest BCUT2D eigenvalue weighted by molar-refractivity contribution is 0.125. The van der Waals surface area contributed by atoms with Crippen LogP contribution in [0, 0.1) is 18.8 Å². The molecule has 1 aromatic carbocycles. The summed E-state index contributed by atoms with van der Waals surface area (Å²) >= 11 is 12.6. The van der Waals surface area contributed by atoms with Crippen LogP contribution >= 0.6 is 23.2 Å². The number of hydrogen-bond donors (Lipinski definition) is 0. The van der Waals surface area contributed by atoms with Crippen LogP contribution in [0.15, 0.2) is 24.4 Å². The Morgan fingerprint density at radius 1 is 1.17 bits per heavy atom. The van der Waals surface area contributed by atoms with Crippen molar-refractivity contribution >= 4 is 50.0 Å². The van der Waals surface area contributed by atoms with E-state index in [0.717, 1.165) is 60.8 Å². The highest BCUT2D eigenvalue weighted by atomic mass is 35.5. The molecule has 8 nitrogen and oxygen atoms in total. The normalized spacial score (nSPS) is 20.6. The third-order valence-corrected chi connectivity index (χ3v) is 9.05. The molecule has 0 bridgehead atoms. The monoisotopic (exact) mass is 550 g/mol. The summed E-state index contributed by atoms with van der Waals surface area (Å²) in [5.74, 6) is 2.27. The number of hydrogen-bond acceptors (Lipinski definition) is 7. The largest absolute Gasteiger partial charge is 0.355 e. The number of benzene rings is 1. The number of aryl methyl sites for hydroxylation is 1. The Kier molecular flexibility index (Phi) is 7.20. The first-order valence-corrected chi connectivity index (χ1v) is 15.2. The summed E-state index contributed by atoms with van der Waals surface area (Å²) in [5, 5.41) is 5.94. The smallest absolute Gasteiger partial charge is 0.179 e. The maximum atomic E-state index is 11.6. The van der Waals surface area contributed by atoms with Gasteiger partial charge in [-0.1, -0.05) is 29.3 Å². The number of halogens is 2. The lowest BCUT2D eigenvalue weighted by atomic mass is 9.80. The van der Waals surface area contributed by atoms with Crippen LogP contribution in [-0.2, 0) is 9.84 Å². The Morgan fingerprint density at radius 3 is 2.67 bits per heavy atom. The van der Waals surface area contributed by atoms with Crippen LogP contribution in [0.3, 0.4) is 0 Å². The van der Waals surface area contributed by atoms with Gasteiger partial charge in [-0.15, -0.1) is 0 Å². The lowest BCUT2D eigenvalue weighted by Crippen LogP contribution is -2.54. The zero-order valence-corrected chi connectivity index (χ0v) is 23.2. The minimum atomic E-state index is -2.93. The van der Waals surface area contributed by atoms with Gasteiger partial charge in [-0.3, -0.25) is 0 Å². The summed E-state index contributed by atoms with van der Waals surface area (Å²) in [6.07, 6.45) is 5.48. The SMILES string of the molecule is Cc1nn([C@H](C)c2ccc(Cl)cc2Cl)c2nc(N3CC([C@H]4CCCN(CCS(C)(=O)=O)C4)C3)cnc12. The molecule has 4 heterocycles. The van der Waals surface area contributed by atoms with Gasteiger partial charge in [-0.2, -0.15) is 5.10 Å². The summed E-state index contributed by atoms with van der Waals surface area (Å²) in [6.45, 7) is 8.48. The number of piperidine rings is 1. The van der Waals surface area contributed by atoms with Crippen LogP contribution in [0.2, 0.25) is 10.0 Å². The highest BCUT2D eigenvalue weighted by molar-refractivity contribution is 7.90. The van der Waals surface area contributed by atoms with E-state index in [-0.39, 0.29) is 11.8 Å². The Bertz CT molecular complexity index is 1370. The number of rotatable bonds is 7. The van der Waals surface area contributed by atoms with Crippen molar-refractivity contribution in [2.45, 2.75) is 32.7 Å². The summed E-state index contributed by atoms with van der Waals surface area (Å²) < 4.78 is 25.0. The van der Waals surface area contributed by atoms with E-state index in [1.807, 2.05) is 36.9 Å². The number of anilines is 1. The third-order valence-electron chi connectivity index (χ3n) is 7.56. The fourth-order valence-electron chi connectivity index (χ4n) is 5.41. The Hall–Kier alpha value is -1.94. The average molecular weight is 552 g/mol. The third kappa shape index (κ3) is 5.35. The first-order valence-electron chi connectivity index (χ1n) is 12.4. The van der Waals surface area contributed by atoms with Gasteiger partial charge in [-0.05, 0) is 62.8 Å². The second-order valence-electron chi connectivity index (χ2n) is 10.3. The van der Waals surface area contributed by atoms with Gasteiger partial charge in [0.15, 0.2) is 5.65 Å². The summed E-state index contributed by atoms with van der Waals surface area (Å²) in [7, 11) is -2.93. The maximum Gasteiger partial charge on any atom is 0.179 e. The van der Waals surface area contributed by atoms with Gasteiger partial charge in [0.25, 0.3) is 0 Å². The molecule has 2 aromatic heterocycles. The summed E-state index contributed by atoms with van der Waals surface area (Å²) in [6, 6.07) is 5.39. The molecule has 2 aliphatic heterocycles. The van der Waals surface area contributed by atoms with E-state index in [0.29, 0.717) is 28.4 Å². The van der Waals surface area contributed by atoms with Crippen molar-refractivity contribution in [3.8, 4) is 0 Å². The molecule has 0 unspecified atom stereocenters. The minimum absolute atomic E-state index is 0.125. The van der Waals surface area contributed by atoms with E-state index in [2.05, 4.69) is 9.80 Å². The molecule has 0 saturated carbocycles. The van der Waals surface area contributed by atoms with E-state index in [4.69, 9.17) is 38.3 Å². The van der Waals surface area contributed by atoms with Crippen LogP contribution in [0.1, 0.15) is 37.1 Å². The maximum absolute atomic E-state index is 11.6. The molecule has 0 radical (unpaired) electrons. The van der Waals surface area contributed by atoms with Gasteiger partial charge in [0.1, 0.15) is 21.2 Å². The van der Waals surface area contributed by atoms with Crippen molar-refractivity contribution in [3.63, 3.8) is 0 Å². The van der Waals surface area contributed by atoms with Crippen molar-refractivity contribution in [2.75, 3.05) is 49.6 Å². The van der Waals surface area contributed by atoms with Gasteiger partial charge in [0.05, 0.1) is 23.7 Å². The fourth-order valence-corrected chi connectivity index (χ4v) is 6.56. The van der Waals surface area contributed by atoms with E-state index < -0.39 is 9.84 Å². The zero-order valence-electron chi connectivity index (χ0n) is 20.9. The molecule has 0 amide bonds. The quantitative estimate of drug-likeness (QED) is 0.434. The van der Waals surface area contributed by atoms with E-state index >= 15 is 0 Å². The number of nitrogens with zero attached hydrogens (tertiary/aromatic N) is 6. The second kappa shape index (κ2) is 10.1. The standard InChI is InChI=1S/C25H32Cl2N6O2S/c1-16-24-25(33(30-16)17(2)21-7-6-20(26)11-22(21)27)29-23(12-28-24)32-14-19(15-32)18-5-4-8-31(13-18)9-10-36(3,34)35/h6-7,11-12,17-19H,4-5,8-10,13-15H2,1-3H3/t17-,18+/m1/s1. The molecule has 11 heteroatoms. The minimum Gasteiger partial charge on any atom is -0.355 e. The lowest BCUT2D eigenvalue weighted by Gasteiger charge is -2.47. The number of likely N-dealkylation sites (tertiary alicyclic amines) is 1. The molecule has 2 fully saturated rings. The topological polar surface area (TPSA) is 84.2 Å². The number of fused-ring (bicyclic) bond motifs is 1. The van der Waals surface area contributed by atoms with Crippen molar-refractivity contribution < 1.29 is 8.42 Å². The van der Waals surface area contributed by atoms with Crippen molar-refractivity contribution in [3.05, 3.63) is 45.7 Å². The van der Waals surface area contributed by atoms with Crippen LogP contribution in [0.25, 0.3) is 11.2 Å². The molecular weight excluding hydrogens is 519 g/mol. The predicted octanol–water partition coefficient (Wildman–Crippen LogP) is 4.24. The molecule has 0 spiro atoms. The van der Waals surface area contributed by atoms with Crippen molar-refractivity contribution in [1.82, 2.24) is 24.6 Å². The first kappa shape index (κ1) is 25.7. The van der Waals surface area contributed by atoms with Gasteiger partial charge in [0.2, 0.25) is 0 Å². The molecule has 194 valence electrons. The second-order valence-corrected chi connectivity index (χ2v) is 13.4. The highest BCUT2D eigenvalue weighted by Crippen LogP contribution is 2.35. The van der Waals surface area contributed by atoms with Gasteiger partial charge < -0.3 is 9.80 Å². The van der Waals surface area contributed by atoms with E-state index in [1.54, 1.807) is 6.07 Å². The molecule has 0 aliphatic carbocycles. The van der Waals surface area contributed by atoms with Crippen LogP contribution in [0.4, 0.5) is 5.82 Å². The van der Waals surface area contributed by atoms with E-state index in [1.165, 1.54) is 12.7 Å². The summed E-state index contributed by atoms with van der Waals surface area (Å²) in [5.41, 5.74) is 3.30.